The molecule has 1 unspecified atom stereocenters. The quantitative estimate of drug-likeness (QED) is 0.840. The maximum Gasteiger partial charge on any atom is 0.178 e. The van der Waals surface area contributed by atoms with Crippen LogP contribution in [0.5, 0.6) is 0 Å². The van der Waals surface area contributed by atoms with Crippen molar-refractivity contribution in [3.63, 3.8) is 0 Å². The molecule has 0 aromatic heterocycles. The van der Waals surface area contributed by atoms with E-state index in [1.165, 1.54) is 24.3 Å². The smallest absolute Gasteiger partial charge is 0.178 e. The molecule has 108 valence electrons. The summed E-state index contributed by atoms with van der Waals surface area (Å²) < 4.78 is 51.2. The lowest BCUT2D eigenvalue weighted by atomic mass is 9.94. The van der Waals surface area contributed by atoms with Crippen LogP contribution in [0.4, 0.5) is 8.78 Å². The summed E-state index contributed by atoms with van der Waals surface area (Å²) in [4.78, 5) is 0.104. The van der Waals surface area contributed by atoms with E-state index < -0.39 is 21.3 Å². The summed E-state index contributed by atoms with van der Waals surface area (Å²) in [6.45, 7) is 0. The first kappa shape index (κ1) is 15.2. The molecule has 0 N–H and O–H groups in total. The molecule has 1 aliphatic rings. The fraction of sp³-hybridized carbons (Fsp3) is 0.286. The van der Waals surface area contributed by atoms with E-state index in [-0.39, 0.29) is 23.5 Å². The van der Waals surface area contributed by atoms with Crippen molar-refractivity contribution in [3.05, 3.63) is 53.3 Å². The summed E-state index contributed by atoms with van der Waals surface area (Å²) in [5.74, 6) is -0.843. The van der Waals surface area contributed by atoms with Crippen LogP contribution < -0.4 is 0 Å². The summed E-state index contributed by atoms with van der Waals surface area (Å²) in [7, 11) is -3.58. The molecular formula is C14H13ClF2O2S. The molecule has 0 saturated heterocycles. The predicted molar refractivity (Wildman–Crippen MR) is 74.9 cm³/mol. The van der Waals surface area contributed by atoms with Crippen LogP contribution in [-0.4, -0.2) is 19.8 Å². The van der Waals surface area contributed by atoms with E-state index in [0.29, 0.717) is 5.02 Å². The number of rotatable bonds is 4. The van der Waals surface area contributed by atoms with Gasteiger partial charge in [0, 0.05) is 11.4 Å². The van der Waals surface area contributed by atoms with Crippen molar-refractivity contribution in [2.24, 2.45) is 0 Å². The van der Waals surface area contributed by atoms with E-state index in [1.807, 2.05) is 0 Å². The van der Waals surface area contributed by atoms with Gasteiger partial charge in [-0.05, 0) is 48.9 Å². The Morgan fingerprint density at radius 1 is 1.25 bits per heavy atom. The highest BCUT2D eigenvalue weighted by Crippen LogP contribution is 2.30. The summed E-state index contributed by atoms with van der Waals surface area (Å²) in [5.41, 5.74) is -1.81. The standard InChI is InChI=1S/C14H13ClF2O2S/c15-11-1-3-13(4-2-11)20(18,19)10-9-14(17)7-5-12(16)6-8-14/h1-7H,8-10H2. The Labute approximate surface area is 121 Å². The third-order valence-electron chi connectivity index (χ3n) is 3.14. The minimum Gasteiger partial charge on any atom is -0.239 e. The predicted octanol–water partition coefficient (Wildman–Crippen LogP) is 4.03. The lowest BCUT2D eigenvalue weighted by Crippen LogP contribution is -2.25. The van der Waals surface area contributed by atoms with Crippen LogP contribution in [0.15, 0.2) is 53.2 Å². The lowest BCUT2D eigenvalue weighted by Gasteiger charge is -2.22. The zero-order valence-electron chi connectivity index (χ0n) is 10.5. The molecule has 0 aliphatic heterocycles. The van der Waals surface area contributed by atoms with E-state index in [9.17, 15) is 17.2 Å². The van der Waals surface area contributed by atoms with Crippen LogP contribution >= 0.6 is 11.6 Å². The van der Waals surface area contributed by atoms with Gasteiger partial charge in [0.1, 0.15) is 11.5 Å². The zero-order chi connectivity index (χ0) is 14.8. The first-order valence-corrected chi connectivity index (χ1v) is 8.06. The number of alkyl halides is 1. The largest absolute Gasteiger partial charge is 0.239 e. The highest BCUT2D eigenvalue weighted by molar-refractivity contribution is 7.91. The number of halogens is 3. The van der Waals surface area contributed by atoms with Crippen LogP contribution in [0.25, 0.3) is 0 Å². The summed E-state index contributed by atoms with van der Waals surface area (Å²) >= 11 is 5.69. The van der Waals surface area contributed by atoms with Crippen molar-refractivity contribution in [2.45, 2.75) is 23.4 Å². The average Bonchev–Trinajstić information content (AvgIpc) is 2.41. The lowest BCUT2D eigenvalue weighted by molar-refractivity contribution is 0.222. The maximum atomic E-state index is 14.3. The Morgan fingerprint density at radius 3 is 2.45 bits per heavy atom. The summed E-state index contributed by atoms with van der Waals surface area (Å²) in [5, 5.41) is 0.432. The molecule has 1 atom stereocenters. The second-order valence-electron chi connectivity index (χ2n) is 4.68. The van der Waals surface area contributed by atoms with Crippen molar-refractivity contribution in [1.82, 2.24) is 0 Å². The van der Waals surface area contributed by atoms with Gasteiger partial charge in [0.15, 0.2) is 9.84 Å². The molecule has 0 spiro atoms. The number of hydrogen-bond donors (Lipinski definition) is 0. The molecule has 1 aromatic carbocycles. The van der Waals surface area contributed by atoms with Crippen molar-refractivity contribution < 1.29 is 17.2 Å². The van der Waals surface area contributed by atoms with Crippen LogP contribution in [0, 0.1) is 0 Å². The Balaban J connectivity index is 2.07. The molecule has 20 heavy (non-hydrogen) atoms. The Kier molecular flexibility index (Phi) is 4.30. The second-order valence-corrected chi connectivity index (χ2v) is 7.23. The third-order valence-corrected chi connectivity index (χ3v) is 5.12. The van der Waals surface area contributed by atoms with Crippen LogP contribution in [0.2, 0.25) is 5.02 Å². The molecule has 0 amide bonds. The highest BCUT2D eigenvalue weighted by atomic mass is 35.5. The fourth-order valence-corrected chi connectivity index (χ4v) is 3.40. The Hall–Kier alpha value is -1.20. The van der Waals surface area contributed by atoms with E-state index in [0.717, 1.165) is 18.2 Å². The minimum atomic E-state index is -3.58. The van der Waals surface area contributed by atoms with Gasteiger partial charge in [0.05, 0.1) is 10.6 Å². The van der Waals surface area contributed by atoms with Crippen molar-refractivity contribution >= 4 is 21.4 Å². The highest BCUT2D eigenvalue weighted by Gasteiger charge is 2.30. The van der Waals surface area contributed by atoms with Crippen LogP contribution in [0.3, 0.4) is 0 Å². The molecule has 6 heteroatoms. The molecule has 1 aliphatic carbocycles. The van der Waals surface area contributed by atoms with E-state index in [2.05, 4.69) is 0 Å². The first-order valence-electron chi connectivity index (χ1n) is 6.03. The topological polar surface area (TPSA) is 34.1 Å². The first-order chi connectivity index (χ1) is 9.31. The Morgan fingerprint density at radius 2 is 1.90 bits per heavy atom. The second kappa shape index (κ2) is 5.66. The summed E-state index contributed by atoms with van der Waals surface area (Å²) in [6, 6.07) is 5.72. The molecular weight excluding hydrogens is 306 g/mol. The van der Waals surface area contributed by atoms with Gasteiger partial charge in [-0.2, -0.15) is 0 Å². The number of allylic oxidation sites excluding steroid dienone is 4. The third kappa shape index (κ3) is 3.67. The number of hydrogen-bond acceptors (Lipinski definition) is 2. The van der Waals surface area contributed by atoms with Crippen LogP contribution in [-0.2, 0) is 9.84 Å². The van der Waals surface area contributed by atoms with Crippen molar-refractivity contribution in [2.75, 3.05) is 5.75 Å². The Bertz CT molecular complexity index is 650. The van der Waals surface area contributed by atoms with Gasteiger partial charge in [-0.25, -0.2) is 17.2 Å². The number of sulfone groups is 1. The zero-order valence-corrected chi connectivity index (χ0v) is 12.1. The molecule has 0 radical (unpaired) electrons. The van der Waals surface area contributed by atoms with Gasteiger partial charge >= 0.3 is 0 Å². The van der Waals surface area contributed by atoms with E-state index >= 15 is 0 Å². The molecule has 0 fully saturated rings. The molecule has 0 saturated carbocycles. The molecule has 2 rings (SSSR count). The van der Waals surface area contributed by atoms with Crippen molar-refractivity contribution in [1.29, 1.82) is 0 Å². The summed E-state index contributed by atoms with van der Waals surface area (Å²) in [6.07, 6.45) is 2.87. The monoisotopic (exact) mass is 318 g/mol. The molecule has 0 heterocycles. The fourth-order valence-electron chi connectivity index (χ4n) is 1.88. The minimum absolute atomic E-state index is 0.104. The van der Waals surface area contributed by atoms with Crippen LogP contribution in [0.1, 0.15) is 12.8 Å². The number of benzene rings is 1. The van der Waals surface area contributed by atoms with Gasteiger partial charge in [0.25, 0.3) is 0 Å². The van der Waals surface area contributed by atoms with E-state index in [4.69, 9.17) is 11.6 Å². The normalized spacial score (nSPS) is 22.6. The SMILES string of the molecule is O=S(=O)(CCC1(F)C=CC(F)=CC1)c1ccc(Cl)cc1. The molecule has 1 aromatic rings. The average molecular weight is 319 g/mol. The molecule has 0 bridgehead atoms. The van der Waals surface area contributed by atoms with Gasteiger partial charge in [-0.3, -0.25) is 0 Å². The molecule has 2 nitrogen and oxygen atoms in total. The van der Waals surface area contributed by atoms with Gasteiger partial charge < -0.3 is 0 Å². The van der Waals surface area contributed by atoms with Gasteiger partial charge in [0.2, 0.25) is 0 Å². The van der Waals surface area contributed by atoms with Crippen molar-refractivity contribution in [3.8, 4) is 0 Å². The van der Waals surface area contributed by atoms with Gasteiger partial charge in [-0.1, -0.05) is 11.6 Å². The maximum absolute atomic E-state index is 14.3. The van der Waals surface area contributed by atoms with Gasteiger partial charge in [-0.15, -0.1) is 0 Å². The van der Waals surface area contributed by atoms with E-state index in [1.54, 1.807) is 0 Å².